The molecule has 0 spiro atoms. The molecule has 6 heteroatoms. The van der Waals surface area contributed by atoms with Gasteiger partial charge in [0.2, 0.25) is 11.8 Å². The first-order valence-electron chi connectivity index (χ1n) is 8.82. The number of rotatable bonds is 6. The molecule has 0 aromatic carbocycles. The van der Waals surface area contributed by atoms with Gasteiger partial charge < -0.3 is 15.1 Å². The number of carbonyl (C=O) groups is 2. The molecule has 24 heavy (non-hydrogen) atoms. The molecule has 5 nitrogen and oxygen atoms in total. The molecule has 1 aromatic heterocycles. The number of piperidine rings is 1. The van der Waals surface area contributed by atoms with Gasteiger partial charge in [-0.3, -0.25) is 9.59 Å². The molecule has 1 atom stereocenters. The minimum atomic E-state index is 0.0411. The summed E-state index contributed by atoms with van der Waals surface area (Å²) in [6, 6.07) is 4.37. The lowest BCUT2D eigenvalue weighted by Crippen LogP contribution is -2.44. The predicted molar refractivity (Wildman–Crippen MR) is 95.8 cm³/mol. The number of likely N-dealkylation sites (N-methyl/N-ethyl adjacent to an activating group) is 1. The van der Waals surface area contributed by atoms with Gasteiger partial charge in [-0.05, 0) is 51.2 Å². The number of hydrogen-bond acceptors (Lipinski definition) is 4. The van der Waals surface area contributed by atoms with E-state index in [1.165, 1.54) is 4.88 Å². The molecular formula is C18H27N3O2S. The summed E-state index contributed by atoms with van der Waals surface area (Å²) in [5.41, 5.74) is 0. The molecule has 1 aliphatic heterocycles. The van der Waals surface area contributed by atoms with Crippen molar-refractivity contribution in [2.24, 2.45) is 11.8 Å². The second-order valence-electron chi connectivity index (χ2n) is 7.11. The van der Waals surface area contributed by atoms with Crippen molar-refractivity contribution in [1.82, 2.24) is 15.1 Å². The number of likely N-dealkylation sites (tertiary alicyclic amines) is 1. The predicted octanol–water partition coefficient (Wildman–Crippen LogP) is 2.12. The lowest BCUT2D eigenvalue weighted by atomic mass is 9.95. The molecule has 2 amide bonds. The fourth-order valence-electron chi connectivity index (χ4n) is 3.31. The molecule has 1 aliphatic carbocycles. The molecule has 1 N–H and O–H groups in total. The van der Waals surface area contributed by atoms with Crippen LogP contribution in [0.1, 0.15) is 36.6 Å². The summed E-state index contributed by atoms with van der Waals surface area (Å²) in [4.78, 5) is 29.9. The smallest absolute Gasteiger partial charge is 0.225 e. The molecule has 132 valence electrons. The van der Waals surface area contributed by atoms with Crippen LogP contribution in [0.5, 0.6) is 0 Å². The van der Waals surface area contributed by atoms with E-state index in [1.807, 2.05) is 25.1 Å². The van der Waals surface area contributed by atoms with Crippen molar-refractivity contribution in [3.05, 3.63) is 22.4 Å². The van der Waals surface area contributed by atoms with Gasteiger partial charge in [0, 0.05) is 36.3 Å². The second kappa shape index (κ2) is 7.66. The first-order valence-corrected chi connectivity index (χ1v) is 9.70. The van der Waals surface area contributed by atoms with E-state index in [-0.39, 0.29) is 23.8 Å². The second-order valence-corrected chi connectivity index (χ2v) is 8.09. The molecule has 1 saturated heterocycles. The fourth-order valence-corrected chi connectivity index (χ4v) is 4.23. The van der Waals surface area contributed by atoms with Crippen LogP contribution in [0, 0.1) is 11.8 Å². The highest BCUT2D eigenvalue weighted by molar-refractivity contribution is 7.10. The Balaban J connectivity index is 1.46. The lowest BCUT2D eigenvalue weighted by molar-refractivity contribution is -0.136. The first kappa shape index (κ1) is 17.4. The third-order valence-electron chi connectivity index (χ3n) is 5.07. The molecule has 2 heterocycles. The lowest BCUT2D eigenvalue weighted by Gasteiger charge is -2.32. The van der Waals surface area contributed by atoms with Crippen LogP contribution in [0.25, 0.3) is 0 Å². The number of carbonyl (C=O) groups excluding carboxylic acids is 2. The maximum Gasteiger partial charge on any atom is 0.225 e. The SMILES string of the molecule is CN(C)[C@@H](CNC(=O)C1CCN(C(=O)C2CC2)CC1)c1cccs1. The summed E-state index contributed by atoms with van der Waals surface area (Å²) in [6.07, 6.45) is 3.67. The van der Waals surface area contributed by atoms with Crippen LogP contribution in [0.2, 0.25) is 0 Å². The van der Waals surface area contributed by atoms with Crippen molar-refractivity contribution in [2.45, 2.75) is 31.7 Å². The van der Waals surface area contributed by atoms with Crippen molar-refractivity contribution in [2.75, 3.05) is 33.7 Å². The Bertz CT molecular complexity index is 561. The third kappa shape index (κ3) is 4.16. The third-order valence-corrected chi connectivity index (χ3v) is 6.04. The molecule has 1 saturated carbocycles. The molecule has 0 radical (unpaired) electrons. The van der Waals surface area contributed by atoms with Gasteiger partial charge >= 0.3 is 0 Å². The largest absolute Gasteiger partial charge is 0.354 e. The van der Waals surface area contributed by atoms with Crippen molar-refractivity contribution < 1.29 is 9.59 Å². The van der Waals surface area contributed by atoms with Crippen molar-refractivity contribution in [3.8, 4) is 0 Å². The minimum Gasteiger partial charge on any atom is -0.354 e. The van der Waals surface area contributed by atoms with Crippen LogP contribution < -0.4 is 5.32 Å². The van der Waals surface area contributed by atoms with E-state index in [0.717, 1.165) is 38.8 Å². The van der Waals surface area contributed by atoms with Gasteiger partial charge in [-0.25, -0.2) is 0 Å². The highest BCUT2D eigenvalue weighted by Crippen LogP contribution is 2.32. The summed E-state index contributed by atoms with van der Waals surface area (Å²) in [5.74, 6) is 0.762. The highest BCUT2D eigenvalue weighted by atomic mass is 32.1. The van der Waals surface area contributed by atoms with E-state index < -0.39 is 0 Å². The van der Waals surface area contributed by atoms with E-state index in [4.69, 9.17) is 0 Å². The summed E-state index contributed by atoms with van der Waals surface area (Å²) >= 11 is 1.72. The average molecular weight is 350 g/mol. The van der Waals surface area contributed by atoms with Gasteiger partial charge in [-0.1, -0.05) is 6.07 Å². The minimum absolute atomic E-state index is 0.0411. The topological polar surface area (TPSA) is 52.7 Å². The molecule has 3 rings (SSSR count). The van der Waals surface area contributed by atoms with Crippen molar-refractivity contribution in [1.29, 1.82) is 0 Å². The number of amides is 2. The zero-order chi connectivity index (χ0) is 17.1. The summed E-state index contributed by atoms with van der Waals surface area (Å²) in [7, 11) is 4.08. The van der Waals surface area contributed by atoms with Gasteiger partial charge in [0.15, 0.2) is 0 Å². The van der Waals surface area contributed by atoms with Crippen LogP contribution in [0.3, 0.4) is 0 Å². The first-order chi connectivity index (χ1) is 11.6. The molecular weight excluding hydrogens is 322 g/mol. The van der Waals surface area contributed by atoms with Gasteiger partial charge in [0.25, 0.3) is 0 Å². The van der Waals surface area contributed by atoms with Crippen LogP contribution in [0.15, 0.2) is 17.5 Å². The molecule has 2 aliphatic rings. The Morgan fingerprint density at radius 2 is 1.96 bits per heavy atom. The van der Waals surface area contributed by atoms with Gasteiger partial charge in [0.1, 0.15) is 0 Å². The van der Waals surface area contributed by atoms with Crippen molar-refractivity contribution >= 4 is 23.2 Å². The fraction of sp³-hybridized carbons (Fsp3) is 0.667. The number of hydrogen-bond donors (Lipinski definition) is 1. The Morgan fingerprint density at radius 1 is 1.25 bits per heavy atom. The van der Waals surface area contributed by atoms with Gasteiger partial charge in [-0.2, -0.15) is 0 Å². The Kier molecular flexibility index (Phi) is 5.56. The standard InChI is InChI=1S/C18H27N3O2S/c1-20(2)15(16-4-3-11-24-16)12-19-17(22)13-7-9-21(10-8-13)18(23)14-5-6-14/h3-4,11,13-15H,5-10,12H2,1-2H3,(H,19,22)/t15-/m0/s1. The van der Waals surface area contributed by atoms with Gasteiger partial charge in [0.05, 0.1) is 6.04 Å². The monoisotopic (exact) mass is 349 g/mol. The molecule has 0 bridgehead atoms. The average Bonchev–Trinajstić information content (AvgIpc) is 3.30. The maximum atomic E-state index is 12.5. The number of nitrogens with zero attached hydrogens (tertiary/aromatic N) is 2. The van der Waals surface area contributed by atoms with Crippen LogP contribution >= 0.6 is 11.3 Å². The molecule has 1 aromatic rings. The molecule has 2 fully saturated rings. The normalized spacial score (nSPS) is 20.2. The Labute approximate surface area is 148 Å². The quantitative estimate of drug-likeness (QED) is 0.856. The Morgan fingerprint density at radius 3 is 2.50 bits per heavy atom. The van der Waals surface area contributed by atoms with E-state index in [1.54, 1.807) is 11.3 Å². The maximum absolute atomic E-state index is 12.5. The van der Waals surface area contributed by atoms with Crippen LogP contribution in [-0.4, -0.2) is 55.3 Å². The highest BCUT2D eigenvalue weighted by Gasteiger charge is 2.36. The molecule has 0 unspecified atom stereocenters. The van der Waals surface area contributed by atoms with Crippen molar-refractivity contribution in [3.63, 3.8) is 0 Å². The number of nitrogens with one attached hydrogen (secondary N) is 1. The van der Waals surface area contributed by atoms with Crippen LogP contribution in [0.4, 0.5) is 0 Å². The summed E-state index contributed by atoms with van der Waals surface area (Å²) < 4.78 is 0. The summed E-state index contributed by atoms with van der Waals surface area (Å²) in [6.45, 7) is 2.10. The zero-order valence-electron chi connectivity index (χ0n) is 14.5. The van der Waals surface area contributed by atoms with E-state index >= 15 is 0 Å². The van der Waals surface area contributed by atoms with E-state index in [0.29, 0.717) is 12.5 Å². The zero-order valence-corrected chi connectivity index (χ0v) is 15.3. The Hall–Kier alpha value is -1.40. The van der Waals surface area contributed by atoms with Crippen LogP contribution in [-0.2, 0) is 9.59 Å². The van der Waals surface area contributed by atoms with E-state index in [2.05, 4.69) is 21.7 Å². The number of thiophene rings is 1. The summed E-state index contributed by atoms with van der Waals surface area (Å²) in [5, 5.41) is 5.19. The van der Waals surface area contributed by atoms with E-state index in [9.17, 15) is 9.59 Å². The van der Waals surface area contributed by atoms with Gasteiger partial charge in [-0.15, -0.1) is 11.3 Å².